The molecule has 1 saturated heterocycles. The minimum absolute atomic E-state index is 0.0530. The Hall–Kier alpha value is -3.94. The highest BCUT2D eigenvalue weighted by atomic mass is 19.4. The molecule has 0 bridgehead atoms. The highest BCUT2D eigenvalue weighted by Crippen LogP contribution is 2.29. The van der Waals surface area contributed by atoms with Crippen molar-refractivity contribution in [2.75, 3.05) is 18.0 Å². The predicted molar refractivity (Wildman–Crippen MR) is 106 cm³/mol. The molecule has 0 unspecified atom stereocenters. The molecule has 4 rings (SSSR count). The zero-order chi connectivity index (χ0) is 22.7. The number of hydrogen-bond donors (Lipinski definition) is 1. The molecule has 0 radical (unpaired) electrons. The summed E-state index contributed by atoms with van der Waals surface area (Å²) in [4.78, 5) is 22.4. The Morgan fingerprint density at radius 2 is 2.00 bits per heavy atom. The Balaban J connectivity index is 1.37. The van der Waals surface area contributed by atoms with Gasteiger partial charge in [0.1, 0.15) is 11.9 Å². The number of amides is 1. The van der Waals surface area contributed by atoms with Crippen molar-refractivity contribution in [1.82, 2.24) is 20.4 Å². The van der Waals surface area contributed by atoms with Gasteiger partial charge in [-0.05, 0) is 37.1 Å². The van der Waals surface area contributed by atoms with Gasteiger partial charge >= 0.3 is 12.1 Å². The third-order valence-electron chi connectivity index (χ3n) is 5.08. The van der Waals surface area contributed by atoms with E-state index >= 15 is 0 Å². The average Bonchev–Trinajstić information content (AvgIpc) is 3.31. The SMILES string of the molecule is N#Cc1ccc(N2CCC(NC(=O)c3cccc(-c4noc(C(F)(F)F)n4)c3)CC2)nc1. The summed E-state index contributed by atoms with van der Waals surface area (Å²) in [5, 5.41) is 15.2. The van der Waals surface area contributed by atoms with Crippen LogP contribution in [0.3, 0.4) is 0 Å². The van der Waals surface area contributed by atoms with Gasteiger partial charge in [0.05, 0.1) is 5.56 Å². The first kappa shape index (κ1) is 21.3. The van der Waals surface area contributed by atoms with Gasteiger partial charge in [0.25, 0.3) is 5.91 Å². The highest BCUT2D eigenvalue weighted by molar-refractivity contribution is 5.95. The third kappa shape index (κ3) is 4.69. The molecule has 1 fully saturated rings. The molecule has 32 heavy (non-hydrogen) atoms. The minimum atomic E-state index is -4.73. The monoisotopic (exact) mass is 442 g/mol. The highest BCUT2D eigenvalue weighted by Gasteiger charge is 2.38. The summed E-state index contributed by atoms with van der Waals surface area (Å²) in [5.41, 5.74) is 1.03. The normalized spacial score (nSPS) is 14.8. The lowest BCUT2D eigenvalue weighted by atomic mass is 10.0. The van der Waals surface area contributed by atoms with Gasteiger partial charge in [0.2, 0.25) is 5.82 Å². The molecule has 3 aromatic rings. The van der Waals surface area contributed by atoms with Crippen molar-refractivity contribution in [2.24, 2.45) is 0 Å². The molecule has 11 heteroatoms. The topological polar surface area (TPSA) is 108 Å². The van der Waals surface area contributed by atoms with Crippen LogP contribution in [0.2, 0.25) is 0 Å². The summed E-state index contributed by atoms with van der Waals surface area (Å²) in [6.07, 6.45) is -1.81. The van der Waals surface area contributed by atoms with Crippen molar-refractivity contribution in [3.63, 3.8) is 0 Å². The van der Waals surface area contributed by atoms with Crippen molar-refractivity contribution in [2.45, 2.75) is 25.1 Å². The third-order valence-corrected chi connectivity index (χ3v) is 5.08. The van der Waals surface area contributed by atoms with Gasteiger partial charge in [0, 0.05) is 36.5 Å². The molecule has 0 aliphatic carbocycles. The fourth-order valence-corrected chi connectivity index (χ4v) is 3.42. The Labute approximate surface area is 180 Å². The maximum Gasteiger partial charge on any atom is 0.471 e. The number of hydrogen-bond acceptors (Lipinski definition) is 7. The molecule has 1 aliphatic rings. The second-order valence-corrected chi connectivity index (χ2v) is 7.25. The number of pyridine rings is 1. The lowest BCUT2D eigenvalue weighted by Gasteiger charge is -2.33. The standard InChI is InChI=1S/C21H17F3N6O2/c22-21(23,24)20-28-18(29-32-20)14-2-1-3-15(10-14)19(31)27-16-6-8-30(9-7-16)17-5-4-13(11-25)12-26-17/h1-5,10,12,16H,6-9H2,(H,27,31). The number of carbonyl (C=O) groups is 1. The average molecular weight is 442 g/mol. The van der Waals surface area contributed by atoms with E-state index in [1.165, 1.54) is 18.3 Å². The number of anilines is 1. The molecule has 3 heterocycles. The number of carbonyl (C=O) groups excluding carboxylic acids is 1. The molecule has 0 spiro atoms. The Kier molecular flexibility index (Phi) is 5.77. The summed E-state index contributed by atoms with van der Waals surface area (Å²) in [6.45, 7) is 1.37. The Morgan fingerprint density at radius 3 is 2.62 bits per heavy atom. The summed E-state index contributed by atoms with van der Waals surface area (Å²) in [5.74, 6) is -1.23. The zero-order valence-electron chi connectivity index (χ0n) is 16.6. The van der Waals surface area contributed by atoms with Crippen LogP contribution >= 0.6 is 0 Å². The van der Waals surface area contributed by atoms with Crippen LogP contribution in [0.1, 0.15) is 34.7 Å². The number of benzene rings is 1. The maximum absolute atomic E-state index is 12.7. The first-order valence-electron chi connectivity index (χ1n) is 9.77. The van der Waals surface area contributed by atoms with Crippen LogP contribution < -0.4 is 10.2 Å². The van der Waals surface area contributed by atoms with Crippen LogP contribution in [0.5, 0.6) is 0 Å². The number of piperidine rings is 1. The summed E-state index contributed by atoms with van der Waals surface area (Å²) in [7, 11) is 0. The second kappa shape index (κ2) is 8.66. The lowest BCUT2D eigenvalue weighted by molar-refractivity contribution is -0.159. The van der Waals surface area contributed by atoms with Crippen LogP contribution in [0, 0.1) is 11.3 Å². The first-order chi connectivity index (χ1) is 15.3. The molecule has 164 valence electrons. The van der Waals surface area contributed by atoms with Crippen molar-refractivity contribution in [1.29, 1.82) is 5.26 Å². The lowest BCUT2D eigenvalue weighted by Crippen LogP contribution is -2.45. The van der Waals surface area contributed by atoms with E-state index in [1.807, 2.05) is 6.07 Å². The summed E-state index contributed by atoms with van der Waals surface area (Å²) in [6, 6.07) is 11.5. The van der Waals surface area contributed by atoms with Crippen molar-refractivity contribution >= 4 is 11.7 Å². The van der Waals surface area contributed by atoms with Crippen LogP contribution in [0.15, 0.2) is 47.1 Å². The summed E-state index contributed by atoms with van der Waals surface area (Å²) >= 11 is 0. The fraction of sp³-hybridized carbons (Fsp3) is 0.286. The van der Waals surface area contributed by atoms with E-state index in [0.29, 0.717) is 31.5 Å². The summed E-state index contributed by atoms with van der Waals surface area (Å²) < 4.78 is 42.3. The number of nitriles is 1. The molecule has 1 aliphatic heterocycles. The number of alkyl halides is 3. The van der Waals surface area contributed by atoms with E-state index in [9.17, 15) is 18.0 Å². The van der Waals surface area contributed by atoms with Crippen molar-refractivity contribution < 1.29 is 22.5 Å². The number of aromatic nitrogens is 3. The smallest absolute Gasteiger partial charge is 0.356 e. The van der Waals surface area contributed by atoms with E-state index in [0.717, 1.165) is 5.82 Å². The molecule has 1 aromatic carbocycles. The van der Waals surface area contributed by atoms with E-state index in [2.05, 4.69) is 29.9 Å². The fourth-order valence-electron chi connectivity index (χ4n) is 3.42. The van der Waals surface area contributed by atoms with Gasteiger partial charge in [0.15, 0.2) is 0 Å². The van der Waals surface area contributed by atoms with E-state index in [4.69, 9.17) is 5.26 Å². The number of rotatable bonds is 4. The predicted octanol–water partition coefficient (Wildman–Crippen LogP) is 3.42. The van der Waals surface area contributed by atoms with Crippen LogP contribution in [-0.2, 0) is 6.18 Å². The molecule has 0 atom stereocenters. The van der Waals surface area contributed by atoms with Gasteiger partial charge in [-0.3, -0.25) is 4.79 Å². The minimum Gasteiger partial charge on any atom is -0.356 e. The van der Waals surface area contributed by atoms with E-state index in [1.54, 1.807) is 24.3 Å². The number of nitrogens with zero attached hydrogens (tertiary/aromatic N) is 5. The molecule has 2 aromatic heterocycles. The molecule has 0 saturated carbocycles. The van der Waals surface area contributed by atoms with E-state index in [-0.39, 0.29) is 28.9 Å². The van der Waals surface area contributed by atoms with Crippen molar-refractivity contribution in [3.05, 3.63) is 59.6 Å². The quantitative estimate of drug-likeness (QED) is 0.660. The van der Waals surface area contributed by atoms with Gasteiger partial charge in [-0.1, -0.05) is 17.3 Å². The van der Waals surface area contributed by atoms with Gasteiger partial charge in [-0.25, -0.2) is 4.98 Å². The number of halogens is 3. The van der Waals surface area contributed by atoms with Gasteiger partial charge in [-0.15, -0.1) is 0 Å². The van der Waals surface area contributed by atoms with Gasteiger partial charge < -0.3 is 14.7 Å². The largest absolute Gasteiger partial charge is 0.471 e. The second-order valence-electron chi connectivity index (χ2n) is 7.25. The molecule has 8 nitrogen and oxygen atoms in total. The Morgan fingerprint density at radius 1 is 1.22 bits per heavy atom. The van der Waals surface area contributed by atoms with E-state index < -0.39 is 12.1 Å². The van der Waals surface area contributed by atoms with Gasteiger partial charge in [-0.2, -0.15) is 23.4 Å². The number of nitrogens with one attached hydrogen (secondary N) is 1. The molecule has 1 N–H and O–H groups in total. The molecular weight excluding hydrogens is 425 g/mol. The van der Waals surface area contributed by atoms with Crippen LogP contribution in [0.4, 0.5) is 19.0 Å². The first-order valence-corrected chi connectivity index (χ1v) is 9.77. The van der Waals surface area contributed by atoms with Crippen LogP contribution in [-0.4, -0.2) is 40.2 Å². The molecular formula is C21H17F3N6O2. The molecule has 1 amide bonds. The van der Waals surface area contributed by atoms with Crippen LogP contribution in [0.25, 0.3) is 11.4 Å². The van der Waals surface area contributed by atoms with Crippen molar-refractivity contribution in [3.8, 4) is 17.5 Å². The zero-order valence-corrected chi connectivity index (χ0v) is 16.6. The Bertz CT molecular complexity index is 1150. The maximum atomic E-state index is 12.7.